The van der Waals surface area contributed by atoms with Gasteiger partial charge in [-0.25, -0.2) is 13.1 Å². The Morgan fingerprint density at radius 2 is 1.66 bits per heavy atom. The van der Waals surface area contributed by atoms with Gasteiger partial charge >= 0.3 is 6.36 Å². The van der Waals surface area contributed by atoms with E-state index >= 15 is 0 Å². The molecule has 174 valence electrons. The topological polar surface area (TPSA) is 93.7 Å². The van der Waals surface area contributed by atoms with E-state index in [2.05, 4.69) is 20.8 Å². The number of benzene rings is 2. The minimum atomic E-state index is -4.86. The van der Waals surface area contributed by atoms with Gasteiger partial charge in [0.05, 0.1) is 11.4 Å². The van der Waals surface area contributed by atoms with Gasteiger partial charge in [0.25, 0.3) is 0 Å². The van der Waals surface area contributed by atoms with Crippen molar-refractivity contribution in [2.45, 2.75) is 36.9 Å². The molecule has 2 aromatic rings. The average molecular weight is 472 g/mol. The van der Waals surface area contributed by atoms with Crippen molar-refractivity contribution in [1.82, 2.24) is 10.0 Å². The largest absolute Gasteiger partial charge is 0.573 e. The van der Waals surface area contributed by atoms with Crippen LogP contribution in [0.3, 0.4) is 0 Å². The van der Waals surface area contributed by atoms with Crippen LogP contribution in [0.4, 0.5) is 13.2 Å². The van der Waals surface area contributed by atoms with Gasteiger partial charge in [-0.2, -0.15) is 0 Å². The number of sulfonamides is 1. The highest BCUT2D eigenvalue weighted by Gasteiger charge is 2.31. The third-order valence-corrected chi connectivity index (χ3v) is 6.25. The fraction of sp³-hybridized carbons (Fsp3) is 0.381. The molecule has 2 N–H and O–H groups in total. The molecule has 0 heterocycles. The van der Waals surface area contributed by atoms with Crippen molar-refractivity contribution >= 4 is 15.9 Å². The van der Waals surface area contributed by atoms with Crippen LogP contribution >= 0.6 is 0 Å². The number of aryl methyl sites for hydroxylation is 2. The summed E-state index contributed by atoms with van der Waals surface area (Å²) in [5, 5.41) is 2.64. The molecular weight excluding hydrogens is 449 g/mol. The molecule has 0 saturated heterocycles. The maximum absolute atomic E-state index is 12.2. The standard InChI is InChI=1S/C21H23F3N2O5S/c22-21(23,24)31-17-6-8-19(9-7-17)32(28,29)26-11-10-20(27)25-12-13-30-18-5-4-15-2-1-3-16(15)14-18/h4-9,14,26H,1-3,10-13H2,(H,25,27). The molecule has 2 aromatic carbocycles. The number of carbonyl (C=O) groups is 1. The lowest BCUT2D eigenvalue weighted by molar-refractivity contribution is -0.274. The van der Waals surface area contributed by atoms with Crippen molar-refractivity contribution in [3.63, 3.8) is 0 Å². The Morgan fingerprint density at radius 3 is 2.38 bits per heavy atom. The third kappa shape index (κ3) is 7.13. The van der Waals surface area contributed by atoms with Crippen LogP contribution in [-0.4, -0.2) is 40.4 Å². The summed E-state index contributed by atoms with van der Waals surface area (Å²) in [6.07, 6.45) is -1.68. The predicted molar refractivity (Wildman–Crippen MR) is 110 cm³/mol. The predicted octanol–water partition coefficient (Wildman–Crippen LogP) is 2.94. The first-order valence-electron chi connectivity index (χ1n) is 9.99. The minimum Gasteiger partial charge on any atom is -0.492 e. The summed E-state index contributed by atoms with van der Waals surface area (Å²) in [6, 6.07) is 9.74. The second kappa shape index (κ2) is 10.2. The molecule has 1 amide bonds. The number of ether oxygens (including phenoxy) is 2. The number of hydrogen-bond acceptors (Lipinski definition) is 5. The van der Waals surface area contributed by atoms with Crippen LogP contribution in [0.15, 0.2) is 47.4 Å². The summed E-state index contributed by atoms with van der Waals surface area (Å²) >= 11 is 0. The van der Waals surface area contributed by atoms with Gasteiger partial charge in [0.1, 0.15) is 18.1 Å². The third-order valence-electron chi connectivity index (χ3n) is 4.77. The van der Waals surface area contributed by atoms with Gasteiger partial charge in [-0.1, -0.05) is 6.07 Å². The van der Waals surface area contributed by atoms with Crippen LogP contribution in [-0.2, 0) is 27.7 Å². The zero-order valence-corrected chi connectivity index (χ0v) is 17.9. The molecule has 7 nitrogen and oxygen atoms in total. The molecule has 32 heavy (non-hydrogen) atoms. The Morgan fingerprint density at radius 1 is 0.969 bits per heavy atom. The molecule has 3 rings (SSSR count). The van der Waals surface area contributed by atoms with E-state index in [4.69, 9.17) is 4.74 Å². The van der Waals surface area contributed by atoms with E-state index in [1.165, 1.54) is 11.1 Å². The molecule has 0 aromatic heterocycles. The van der Waals surface area contributed by atoms with E-state index < -0.39 is 22.1 Å². The van der Waals surface area contributed by atoms with E-state index in [-0.39, 0.29) is 36.9 Å². The van der Waals surface area contributed by atoms with Crippen LogP contribution in [0.25, 0.3) is 0 Å². The van der Waals surface area contributed by atoms with Gasteiger partial charge in [0.2, 0.25) is 15.9 Å². The van der Waals surface area contributed by atoms with Crippen molar-refractivity contribution in [3.05, 3.63) is 53.6 Å². The van der Waals surface area contributed by atoms with Gasteiger partial charge in [0.15, 0.2) is 0 Å². The molecule has 0 unspecified atom stereocenters. The van der Waals surface area contributed by atoms with E-state index in [1.54, 1.807) is 0 Å². The van der Waals surface area contributed by atoms with Crippen molar-refractivity contribution in [3.8, 4) is 11.5 Å². The van der Waals surface area contributed by atoms with Crippen molar-refractivity contribution in [2.75, 3.05) is 19.7 Å². The number of nitrogens with one attached hydrogen (secondary N) is 2. The first-order chi connectivity index (χ1) is 15.1. The van der Waals surface area contributed by atoms with Crippen LogP contribution in [0.5, 0.6) is 11.5 Å². The Hall–Kier alpha value is -2.79. The second-order valence-electron chi connectivity index (χ2n) is 7.15. The number of fused-ring (bicyclic) bond motifs is 1. The fourth-order valence-corrected chi connectivity index (χ4v) is 4.32. The number of rotatable bonds is 10. The molecule has 1 aliphatic carbocycles. The lowest BCUT2D eigenvalue weighted by atomic mass is 10.1. The smallest absolute Gasteiger partial charge is 0.492 e. The monoisotopic (exact) mass is 472 g/mol. The highest BCUT2D eigenvalue weighted by atomic mass is 32.2. The second-order valence-corrected chi connectivity index (χ2v) is 8.92. The van der Waals surface area contributed by atoms with Gasteiger partial charge in [-0.15, -0.1) is 13.2 Å². The first-order valence-corrected chi connectivity index (χ1v) is 11.5. The van der Waals surface area contributed by atoms with Gasteiger partial charge in [-0.3, -0.25) is 4.79 Å². The highest BCUT2D eigenvalue weighted by molar-refractivity contribution is 7.89. The van der Waals surface area contributed by atoms with Crippen LogP contribution < -0.4 is 19.5 Å². The molecule has 0 aliphatic heterocycles. The Balaban J connectivity index is 1.35. The lowest BCUT2D eigenvalue weighted by Crippen LogP contribution is -2.32. The van der Waals surface area contributed by atoms with E-state index in [0.29, 0.717) is 0 Å². The van der Waals surface area contributed by atoms with Crippen LogP contribution in [0.1, 0.15) is 24.0 Å². The fourth-order valence-electron chi connectivity index (χ4n) is 3.29. The van der Waals surface area contributed by atoms with Crippen LogP contribution in [0.2, 0.25) is 0 Å². The number of alkyl halides is 3. The van der Waals surface area contributed by atoms with Crippen molar-refractivity contribution in [1.29, 1.82) is 0 Å². The molecular formula is C21H23F3N2O5S. The lowest BCUT2D eigenvalue weighted by Gasteiger charge is -2.11. The normalized spacial score (nSPS) is 13.5. The quantitative estimate of drug-likeness (QED) is 0.519. The maximum atomic E-state index is 12.2. The molecule has 11 heteroatoms. The zero-order valence-electron chi connectivity index (χ0n) is 17.1. The van der Waals surface area contributed by atoms with E-state index in [9.17, 15) is 26.4 Å². The SMILES string of the molecule is O=C(CCNS(=O)(=O)c1ccc(OC(F)(F)F)cc1)NCCOc1ccc2c(c1)CCC2. The molecule has 0 bridgehead atoms. The molecule has 1 aliphatic rings. The Labute approximate surface area is 184 Å². The molecule has 0 atom stereocenters. The van der Waals surface area contributed by atoms with Crippen molar-refractivity contribution < 1.29 is 35.9 Å². The number of hydrogen-bond donors (Lipinski definition) is 2. The summed E-state index contributed by atoms with van der Waals surface area (Å²) in [6.45, 7) is 0.382. The number of amides is 1. The van der Waals surface area contributed by atoms with Gasteiger partial charge in [0, 0.05) is 13.0 Å². The summed E-state index contributed by atoms with van der Waals surface area (Å²) in [5.41, 5.74) is 2.64. The summed E-state index contributed by atoms with van der Waals surface area (Å²) in [5.74, 6) is -0.142. The van der Waals surface area contributed by atoms with Crippen molar-refractivity contribution in [2.24, 2.45) is 0 Å². The van der Waals surface area contributed by atoms with E-state index in [1.807, 2.05) is 12.1 Å². The van der Waals surface area contributed by atoms with Gasteiger partial charge in [-0.05, 0) is 66.8 Å². The molecule has 0 fully saturated rings. The maximum Gasteiger partial charge on any atom is 0.573 e. The first kappa shape index (κ1) is 23.9. The summed E-state index contributed by atoms with van der Waals surface area (Å²) in [7, 11) is -3.97. The molecule has 0 saturated carbocycles. The minimum absolute atomic E-state index is 0.104. The summed E-state index contributed by atoms with van der Waals surface area (Å²) < 4.78 is 72.4. The number of carbonyl (C=O) groups excluding carboxylic acids is 1. The Bertz CT molecular complexity index is 1040. The highest BCUT2D eigenvalue weighted by Crippen LogP contribution is 2.26. The number of halogens is 3. The Kier molecular flexibility index (Phi) is 7.62. The van der Waals surface area contributed by atoms with E-state index in [0.717, 1.165) is 49.3 Å². The van der Waals surface area contributed by atoms with Gasteiger partial charge < -0.3 is 14.8 Å². The molecule has 0 spiro atoms. The molecule has 0 radical (unpaired) electrons. The average Bonchev–Trinajstić information content (AvgIpc) is 3.18. The zero-order chi connectivity index (χ0) is 23.2. The summed E-state index contributed by atoms with van der Waals surface area (Å²) in [4.78, 5) is 11.6. The van der Waals surface area contributed by atoms with Crippen LogP contribution in [0, 0.1) is 0 Å².